The lowest BCUT2D eigenvalue weighted by Gasteiger charge is -2.41. The molecule has 0 atom stereocenters. The summed E-state index contributed by atoms with van der Waals surface area (Å²) in [5, 5.41) is 0. The van der Waals surface area contributed by atoms with Gasteiger partial charge in [-0.15, -0.1) is 0 Å². The molecule has 0 spiro atoms. The van der Waals surface area contributed by atoms with Crippen LogP contribution >= 0.6 is 10.6 Å². The van der Waals surface area contributed by atoms with E-state index in [4.69, 9.17) is 14.1 Å². The van der Waals surface area contributed by atoms with Crippen LogP contribution in [0, 0.1) is 0 Å². The lowest BCUT2D eigenvalue weighted by atomic mass is 10.5. The zero-order chi connectivity index (χ0) is 10.4. The van der Waals surface area contributed by atoms with Gasteiger partial charge in [0.25, 0.3) is 0 Å². The molecule has 1 aliphatic rings. The molecule has 0 aromatic heterocycles. The summed E-state index contributed by atoms with van der Waals surface area (Å²) in [7, 11) is 0.796. The summed E-state index contributed by atoms with van der Waals surface area (Å²) in [6.45, 7) is 4.25. The van der Waals surface area contributed by atoms with Crippen molar-refractivity contribution in [2.75, 3.05) is 51.9 Å². The van der Waals surface area contributed by atoms with E-state index in [0.717, 1.165) is 45.0 Å². The van der Waals surface area contributed by atoms with Gasteiger partial charge < -0.3 is 10.6 Å². The molecule has 1 saturated heterocycles. The molecule has 0 radical (unpaired) electrons. The first kappa shape index (κ1) is 12.3. The van der Waals surface area contributed by atoms with Crippen LogP contribution in [0.3, 0.4) is 0 Å². The summed E-state index contributed by atoms with van der Waals surface area (Å²) in [4.78, 5) is 2.22. The third-order valence-electron chi connectivity index (χ3n) is 2.33. The van der Waals surface area contributed by atoms with Gasteiger partial charge in [-0.05, 0) is 20.0 Å². The minimum absolute atomic E-state index is 0.717. The molecular weight excluding hydrogens is 200 g/mol. The molecule has 4 nitrogen and oxygen atoms in total. The van der Waals surface area contributed by atoms with Gasteiger partial charge in [0.2, 0.25) is 0 Å². The van der Waals surface area contributed by atoms with Crippen LogP contribution < -0.4 is 5.73 Å². The number of nitrogens with zero attached hydrogens (tertiary/aromatic N) is 1. The molecule has 14 heavy (non-hydrogen) atoms. The summed E-state index contributed by atoms with van der Waals surface area (Å²) in [6, 6.07) is 0. The fraction of sp³-hybridized carbons (Fsp3) is 1.00. The molecule has 0 aliphatic carbocycles. The Hall–Kier alpha value is 0.190. The zero-order valence-corrected chi connectivity index (χ0v) is 10.0. The van der Waals surface area contributed by atoms with Crippen LogP contribution in [0.1, 0.15) is 6.42 Å². The topological polar surface area (TPSA) is 47.7 Å². The first-order chi connectivity index (χ1) is 6.66. The first-order valence-electron chi connectivity index (χ1n) is 5.10. The molecule has 0 saturated carbocycles. The molecule has 2 N–H and O–H groups in total. The molecule has 1 fully saturated rings. The third kappa shape index (κ3) is 4.14. The first-order valence-corrected chi connectivity index (χ1v) is 7.16. The lowest BCUT2D eigenvalue weighted by Crippen LogP contribution is -2.31. The van der Waals surface area contributed by atoms with E-state index in [2.05, 4.69) is 18.2 Å². The van der Waals surface area contributed by atoms with Crippen LogP contribution in [-0.4, -0.2) is 56.8 Å². The average molecular weight is 222 g/mol. The predicted octanol–water partition coefficient (Wildman–Crippen LogP) is 0.578. The van der Waals surface area contributed by atoms with Crippen molar-refractivity contribution in [3.8, 4) is 0 Å². The maximum atomic E-state index is 5.81. The van der Waals surface area contributed by atoms with Crippen LogP contribution in [0.15, 0.2) is 0 Å². The van der Waals surface area contributed by atoms with Crippen molar-refractivity contribution in [2.45, 2.75) is 6.42 Å². The highest BCUT2D eigenvalue weighted by Crippen LogP contribution is 2.47. The summed E-state index contributed by atoms with van der Waals surface area (Å²) < 4.78 is 11.6. The second kappa shape index (κ2) is 5.92. The van der Waals surface area contributed by atoms with E-state index in [0.29, 0.717) is 0 Å². The lowest BCUT2D eigenvalue weighted by molar-refractivity contribution is 0.165. The van der Waals surface area contributed by atoms with Gasteiger partial charge in [-0.25, -0.2) is 0 Å². The zero-order valence-electron chi connectivity index (χ0n) is 9.20. The van der Waals surface area contributed by atoms with Crippen molar-refractivity contribution in [1.82, 2.24) is 4.90 Å². The molecule has 0 amide bonds. The minimum Gasteiger partial charge on any atom is -0.330 e. The smallest absolute Gasteiger partial charge is 0.0840 e. The number of likely N-dealkylation sites (N-methyl/N-ethyl adjacent to an activating group) is 1. The van der Waals surface area contributed by atoms with Gasteiger partial charge in [-0.2, -0.15) is 10.6 Å². The molecule has 1 aliphatic heterocycles. The van der Waals surface area contributed by atoms with Crippen molar-refractivity contribution in [3.05, 3.63) is 0 Å². The van der Waals surface area contributed by atoms with Crippen molar-refractivity contribution in [1.29, 1.82) is 0 Å². The van der Waals surface area contributed by atoms with Crippen LogP contribution in [0.4, 0.5) is 0 Å². The molecule has 0 unspecified atom stereocenters. The number of nitrogens with two attached hydrogens (primary N) is 1. The summed E-state index contributed by atoms with van der Waals surface area (Å²) >= 11 is 0. The quantitative estimate of drug-likeness (QED) is 0.759. The van der Waals surface area contributed by atoms with Crippen LogP contribution in [0.25, 0.3) is 0 Å². The van der Waals surface area contributed by atoms with E-state index < -0.39 is 10.6 Å². The maximum absolute atomic E-state index is 5.81. The Kier molecular flexibility index (Phi) is 5.19. The Balaban J connectivity index is 2.36. The van der Waals surface area contributed by atoms with Crippen LogP contribution in [-0.2, 0) is 8.37 Å². The van der Waals surface area contributed by atoms with E-state index >= 15 is 0 Å². The highest BCUT2D eigenvalue weighted by atomic mass is 32.3. The minimum atomic E-state index is -1.29. The fourth-order valence-electron chi connectivity index (χ4n) is 1.35. The maximum Gasteiger partial charge on any atom is 0.0840 e. The Morgan fingerprint density at radius 2 is 1.86 bits per heavy atom. The van der Waals surface area contributed by atoms with Crippen molar-refractivity contribution < 1.29 is 8.37 Å². The van der Waals surface area contributed by atoms with Crippen molar-refractivity contribution in [3.63, 3.8) is 0 Å². The molecule has 0 aromatic rings. The molecule has 1 heterocycles. The Morgan fingerprint density at radius 1 is 1.29 bits per heavy atom. The second-order valence-corrected chi connectivity index (χ2v) is 6.45. The van der Waals surface area contributed by atoms with Crippen LogP contribution in [0.2, 0.25) is 0 Å². The SMILES string of the molecule is CN1CCOS(C)(CCCN)OCC1. The van der Waals surface area contributed by atoms with Gasteiger partial charge in [0.1, 0.15) is 0 Å². The molecule has 1 rings (SSSR count). The summed E-state index contributed by atoms with van der Waals surface area (Å²) in [6.07, 6.45) is 3.08. The van der Waals surface area contributed by atoms with Gasteiger partial charge in [0, 0.05) is 25.1 Å². The number of hydrogen-bond donors (Lipinski definition) is 1. The fourth-order valence-corrected chi connectivity index (χ4v) is 3.20. The van der Waals surface area contributed by atoms with Crippen LogP contribution in [0.5, 0.6) is 0 Å². The highest BCUT2D eigenvalue weighted by Gasteiger charge is 2.17. The monoisotopic (exact) mass is 222 g/mol. The highest BCUT2D eigenvalue weighted by molar-refractivity contribution is 8.25. The van der Waals surface area contributed by atoms with E-state index in [1.165, 1.54) is 0 Å². The summed E-state index contributed by atoms with van der Waals surface area (Å²) in [5.74, 6) is 0.965. The van der Waals surface area contributed by atoms with Gasteiger partial charge in [0.15, 0.2) is 0 Å². The Morgan fingerprint density at radius 3 is 2.36 bits per heavy atom. The van der Waals surface area contributed by atoms with E-state index in [1.807, 2.05) is 0 Å². The number of rotatable bonds is 3. The van der Waals surface area contributed by atoms with Crippen molar-refractivity contribution in [2.24, 2.45) is 5.73 Å². The van der Waals surface area contributed by atoms with E-state index in [-0.39, 0.29) is 0 Å². The van der Waals surface area contributed by atoms with Crippen molar-refractivity contribution >= 4 is 10.6 Å². The van der Waals surface area contributed by atoms with Gasteiger partial charge in [0.05, 0.1) is 13.2 Å². The average Bonchev–Trinajstić information content (AvgIpc) is 2.12. The molecule has 0 bridgehead atoms. The normalized spacial score (nSPS) is 26.5. The standard InChI is InChI=1S/C9H22N2O2S/c1-11-5-7-12-14(2,9-3-4-10)13-8-6-11/h3-10H2,1-2H3. The van der Waals surface area contributed by atoms with E-state index in [9.17, 15) is 0 Å². The van der Waals surface area contributed by atoms with Gasteiger partial charge in [-0.1, -0.05) is 0 Å². The molecule has 0 aromatic carbocycles. The largest absolute Gasteiger partial charge is 0.330 e. The Bertz CT molecular complexity index is 159. The van der Waals surface area contributed by atoms with Gasteiger partial charge in [-0.3, -0.25) is 8.37 Å². The molecule has 5 heteroatoms. The Labute approximate surface area is 88.5 Å². The van der Waals surface area contributed by atoms with Gasteiger partial charge >= 0.3 is 0 Å². The third-order valence-corrected chi connectivity index (χ3v) is 4.69. The summed E-state index contributed by atoms with van der Waals surface area (Å²) in [5.41, 5.74) is 5.49. The van der Waals surface area contributed by atoms with E-state index in [1.54, 1.807) is 0 Å². The second-order valence-electron chi connectivity index (χ2n) is 3.72. The molecule has 86 valence electrons. The predicted molar refractivity (Wildman–Crippen MR) is 61.5 cm³/mol. The molecular formula is C9H22N2O2S. The number of hydrogen-bond acceptors (Lipinski definition) is 4.